The second kappa shape index (κ2) is 5.86. The van der Waals surface area contributed by atoms with Gasteiger partial charge in [0.25, 0.3) is 0 Å². The summed E-state index contributed by atoms with van der Waals surface area (Å²) < 4.78 is 1.62. The lowest BCUT2D eigenvalue weighted by Crippen LogP contribution is -2.31. The highest BCUT2D eigenvalue weighted by Crippen LogP contribution is 2.35. The Labute approximate surface area is 137 Å². The topological polar surface area (TPSA) is 63.2 Å². The van der Waals surface area contributed by atoms with Gasteiger partial charge < -0.3 is 0 Å². The van der Waals surface area contributed by atoms with E-state index in [1.807, 2.05) is 19.1 Å². The number of thioether (sulfide) groups is 1. The summed E-state index contributed by atoms with van der Waals surface area (Å²) in [6.07, 6.45) is 0.193. The van der Waals surface area contributed by atoms with Crippen LogP contribution in [0.3, 0.4) is 0 Å². The summed E-state index contributed by atoms with van der Waals surface area (Å²) in [5.41, 5.74) is 0.602. The summed E-state index contributed by atoms with van der Waals surface area (Å²) in [7, 11) is 0. The van der Waals surface area contributed by atoms with E-state index in [2.05, 4.69) is 26.1 Å². The molecule has 2 heterocycles. The molecule has 0 unspecified atom stereocenters. The molecule has 1 aliphatic heterocycles. The van der Waals surface area contributed by atoms with Gasteiger partial charge in [-0.2, -0.15) is 0 Å². The van der Waals surface area contributed by atoms with Gasteiger partial charge in [-0.25, -0.2) is 4.90 Å². The van der Waals surface area contributed by atoms with Gasteiger partial charge in [0.2, 0.25) is 11.8 Å². The van der Waals surface area contributed by atoms with Gasteiger partial charge >= 0.3 is 0 Å². The van der Waals surface area contributed by atoms with Crippen LogP contribution in [0.4, 0.5) is 5.69 Å². The fraction of sp³-hybridized carbons (Fsp3) is 0.231. The fourth-order valence-electron chi connectivity index (χ4n) is 2.01. The van der Waals surface area contributed by atoms with Crippen LogP contribution >= 0.6 is 39.0 Å². The Morgan fingerprint density at radius 3 is 2.62 bits per heavy atom. The summed E-state index contributed by atoms with van der Waals surface area (Å²) in [6.45, 7) is 1.86. The molecular weight excluding hydrogens is 374 g/mol. The number of anilines is 1. The Bertz CT molecular complexity index is 702. The normalized spacial score (nSPS) is 18.6. The lowest BCUT2D eigenvalue weighted by Gasteiger charge is -2.14. The van der Waals surface area contributed by atoms with Crippen molar-refractivity contribution in [3.8, 4) is 0 Å². The number of aryl methyl sites for hydroxylation is 1. The number of imide groups is 1. The number of carbonyl (C=O) groups excluding carboxylic acids is 2. The standard InChI is InChI=1S/C13H10BrN3O2S2/c1-7-15-16-13(20-7)21-10-6-11(18)17(12(10)19)9-4-2-8(14)3-5-9/h2-5,10H,6H2,1H3/t10-/m1/s1. The molecule has 8 heteroatoms. The molecule has 0 saturated carbocycles. The van der Waals surface area contributed by atoms with Crippen LogP contribution in [0.2, 0.25) is 0 Å². The van der Waals surface area contributed by atoms with Crippen molar-refractivity contribution < 1.29 is 9.59 Å². The molecule has 0 bridgehead atoms. The van der Waals surface area contributed by atoms with Gasteiger partial charge in [0.1, 0.15) is 10.3 Å². The minimum absolute atomic E-state index is 0.180. The molecule has 0 radical (unpaired) electrons. The Kier molecular flexibility index (Phi) is 4.10. The molecule has 3 rings (SSSR count). The number of aromatic nitrogens is 2. The maximum absolute atomic E-state index is 12.4. The highest BCUT2D eigenvalue weighted by atomic mass is 79.9. The molecule has 1 atom stereocenters. The zero-order valence-electron chi connectivity index (χ0n) is 10.9. The minimum atomic E-state index is -0.423. The SMILES string of the molecule is Cc1nnc(S[C@@H]2CC(=O)N(c3ccc(Br)cc3)C2=O)s1. The lowest BCUT2D eigenvalue weighted by atomic mass is 10.3. The maximum Gasteiger partial charge on any atom is 0.247 e. The molecule has 2 aromatic rings. The zero-order chi connectivity index (χ0) is 15.0. The maximum atomic E-state index is 12.4. The third kappa shape index (κ3) is 3.02. The predicted molar refractivity (Wildman–Crippen MR) is 85.5 cm³/mol. The van der Waals surface area contributed by atoms with Crippen molar-refractivity contribution in [2.75, 3.05) is 4.90 Å². The van der Waals surface area contributed by atoms with E-state index in [1.54, 1.807) is 12.1 Å². The van der Waals surface area contributed by atoms with E-state index in [0.29, 0.717) is 5.69 Å². The lowest BCUT2D eigenvalue weighted by molar-refractivity contribution is -0.121. The van der Waals surface area contributed by atoms with Gasteiger partial charge in [-0.05, 0) is 31.2 Å². The van der Waals surface area contributed by atoms with Crippen LogP contribution in [-0.2, 0) is 9.59 Å². The second-order valence-electron chi connectivity index (χ2n) is 4.44. The average Bonchev–Trinajstić information content (AvgIpc) is 2.96. The number of carbonyl (C=O) groups is 2. The van der Waals surface area contributed by atoms with Crippen LogP contribution in [0.25, 0.3) is 0 Å². The Morgan fingerprint density at radius 2 is 2.00 bits per heavy atom. The molecule has 1 aromatic heterocycles. The highest BCUT2D eigenvalue weighted by molar-refractivity contribution is 9.10. The van der Waals surface area contributed by atoms with Crippen LogP contribution in [0, 0.1) is 6.92 Å². The van der Waals surface area contributed by atoms with E-state index in [9.17, 15) is 9.59 Å². The summed E-state index contributed by atoms with van der Waals surface area (Å²) in [4.78, 5) is 25.8. The average molecular weight is 384 g/mol. The first-order valence-corrected chi connectivity index (χ1v) is 8.62. The largest absolute Gasteiger partial charge is 0.274 e. The molecule has 0 spiro atoms. The number of amides is 2. The van der Waals surface area contributed by atoms with E-state index in [4.69, 9.17) is 0 Å². The van der Waals surface area contributed by atoms with E-state index >= 15 is 0 Å². The predicted octanol–water partition coefficient (Wildman–Crippen LogP) is 3.03. The van der Waals surface area contributed by atoms with Gasteiger partial charge in [0.15, 0.2) is 4.34 Å². The number of hydrogen-bond acceptors (Lipinski definition) is 6. The molecule has 0 aliphatic carbocycles. The Morgan fingerprint density at radius 1 is 1.29 bits per heavy atom. The molecule has 1 saturated heterocycles. The molecule has 2 amide bonds. The van der Waals surface area contributed by atoms with Gasteiger partial charge in [-0.1, -0.05) is 39.0 Å². The van der Waals surface area contributed by atoms with Crippen molar-refractivity contribution >= 4 is 56.5 Å². The third-order valence-corrected chi connectivity index (χ3v) is 5.58. The molecule has 1 aromatic carbocycles. The fourth-order valence-corrected chi connectivity index (χ4v) is 4.35. The monoisotopic (exact) mass is 383 g/mol. The molecule has 1 fully saturated rings. The summed E-state index contributed by atoms with van der Waals surface area (Å²) in [5, 5.41) is 8.34. The van der Waals surface area contributed by atoms with Crippen LogP contribution < -0.4 is 4.90 Å². The minimum Gasteiger partial charge on any atom is -0.274 e. The molecule has 0 N–H and O–H groups in total. The van der Waals surface area contributed by atoms with Gasteiger partial charge in [-0.3, -0.25) is 9.59 Å². The van der Waals surface area contributed by atoms with Gasteiger partial charge in [0.05, 0.1) is 5.69 Å². The number of rotatable bonds is 3. The zero-order valence-corrected chi connectivity index (χ0v) is 14.2. The Hall–Kier alpha value is -1.25. The van der Waals surface area contributed by atoms with Gasteiger partial charge in [-0.15, -0.1) is 10.2 Å². The van der Waals surface area contributed by atoms with Crippen LogP contribution in [0.5, 0.6) is 0 Å². The number of hydrogen-bond donors (Lipinski definition) is 0. The first kappa shape index (κ1) is 14.7. The van der Waals surface area contributed by atoms with Crippen molar-refractivity contribution in [3.63, 3.8) is 0 Å². The van der Waals surface area contributed by atoms with E-state index in [1.165, 1.54) is 28.0 Å². The smallest absolute Gasteiger partial charge is 0.247 e. The molecule has 5 nitrogen and oxygen atoms in total. The summed E-state index contributed by atoms with van der Waals surface area (Å²) >= 11 is 6.07. The first-order valence-electron chi connectivity index (χ1n) is 6.14. The highest BCUT2D eigenvalue weighted by Gasteiger charge is 2.40. The molecular formula is C13H10BrN3O2S2. The van der Waals surface area contributed by atoms with Crippen molar-refractivity contribution in [1.82, 2.24) is 10.2 Å². The van der Waals surface area contributed by atoms with Crippen molar-refractivity contribution in [1.29, 1.82) is 0 Å². The Balaban J connectivity index is 1.80. The number of nitrogens with zero attached hydrogens (tertiary/aromatic N) is 3. The van der Waals surface area contributed by atoms with Crippen LogP contribution in [-0.4, -0.2) is 27.3 Å². The van der Waals surface area contributed by atoms with E-state index in [0.717, 1.165) is 13.8 Å². The van der Waals surface area contributed by atoms with E-state index < -0.39 is 5.25 Å². The molecule has 1 aliphatic rings. The van der Waals surface area contributed by atoms with E-state index in [-0.39, 0.29) is 18.2 Å². The molecule has 108 valence electrons. The number of halogens is 1. The number of benzene rings is 1. The van der Waals surface area contributed by atoms with Crippen LogP contribution in [0.15, 0.2) is 33.1 Å². The second-order valence-corrected chi connectivity index (χ2v) is 7.99. The van der Waals surface area contributed by atoms with Crippen LogP contribution in [0.1, 0.15) is 11.4 Å². The third-order valence-electron chi connectivity index (χ3n) is 2.94. The van der Waals surface area contributed by atoms with Gasteiger partial charge in [0, 0.05) is 10.9 Å². The van der Waals surface area contributed by atoms with Crippen molar-refractivity contribution in [2.24, 2.45) is 0 Å². The quantitative estimate of drug-likeness (QED) is 0.762. The van der Waals surface area contributed by atoms with Crippen molar-refractivity contribution in [2.45, 2.75) is 22.9 Å². The van der Waals surface area contributed by atoms with Crippen molar-refractivity contribution in [3.05, 3.63) is 33.7 Å². The summed E-state index contributed by atoms with van der Waals surface area (Å²) in [5.74, 6) is -0.374. The molecule has 21 heavy (non-hydrogen) atoms. The summed E-state index contributed by atoms with van der Waals surface area (Å²) in [6, 6.07) is 7.12. The first-order chi connectivity index (χ1) is 10.0.